The lowest BCUT2D eigenvalue weighted by atomic mass is 10.1. The van der Waals surface area contributed by atoms with Crippen LogP contribution in [-0.2, 0) is 9.84 Å². The van der Waals surface area contributed by atoms with E-state index in [9.17, 15) is 13.5 Å². The quantitative estimate of drug-likeness (QED) is 0.784. The summed E-state index contributed by atoms with van der Waals surface area (Å²) >= 11 is 0. The molecule has 1 aromatic carbocycles. The van der Waals surface area contributed by atoms with Gasteiger partial charge < -0.3 is 15.6 Å². The summed E-state index contributed by atoms with van der Waals surface area (Å²) in [5.74, 6) is 0.215. The molecular formula is C10H15NO4S. The average Bonchev–Trinajstić information content (AvgIpc) is 2.25. The maximum atomic E-state index is 11.4. The van der Waals surface area contributed by atoms with E-state index >= 15 is 0 Å². The number of ether oxygens (including phenoxy) is 1. The zero-order valence-corrected chi connectivity index (χ0v) is 9.99. The van der Waals surface area contributed by atoms with E-state index in [1.54, 1.807) is 0 Å². The van der Waals surface area contributed by atoms with Gasteiger partial charge in [0.1, 0.15) is 10.6 Å². The number of rotatable bonds is 4. The fourth-order valence-corrected chi connectivity index (χ4v) is 2.16. The first kappa shape index (κ1) is 13.0. The molecule has 0 spiro atoms. The average molecular weight is 245 g/mol. The van der Waals surface area contributed by atoms with Crippen LogP contribution in [0.25, 0.3) is 0 Å². The van der Waals surface area contributed by atoms with Gasteiger partial charge in [-0.15, -0.1) is 0 Å². The second kappa shape index (κ2) is 4.82. The monoisotopic (exact) mass is 245 g/mol. The molecule has 0 saturated carbocycles. The molecule has 0 amide bonds. The third-order valence-corrected chi connectivity index (χ3v) is 3.33. The van der Waals surface area contributed by atoms with Gasteiger partial charge in [-0.05, 0) is 17.7 Å². The molecular weight excluding hydrogens is 230 g/mol. The summed E-state index contributed by atoms with van der Waals surface area (Å²) in [5, 5.41) is 9.51. The van der Waals surface area contributed by atoms with E-state index in [1.165, 1.54) is 25.3 Å². The van der Waals surface area contributed by atoms with Crippen molar-refractivity contribution in [2.45, 2.75) is 11.0 Å². The van der Waals surface area contributed by atoms with Crippen molar-refractivity contribution in [3.05, 3.63) is 23.8 Å². The lowest BCUT2D eigenvalue weighted by Gasteiger charge is -2.12. The zero-order chi connectivity index (χ0) is 12.3. The minimum absolute atomic E-state index is 0.0708. The second-order valence-electron chi connectivity index (χ2n) is 3.43. The number of benzene rings is 1. The Kier molecular flexibility index (Phi) is 3.90. The molecule has 1 unspecified atom stereocenters. The first-order valence-electron chi connectivity index (χ1n) is 4.66. The lowest BCUT2D eigenvalue weighted by Crippen LogP contribution is -2.12. The third kappa shape index (κ3) is 2.72. The van der Waals surface area contributed by atoms with E-state index in [4.69, 9.17) is 10.5 Å². The highest BCUT2D eigenvalue weighted by Gasteiger charge is 2.16. The summed E-state index contributed by atoms with van der Waals surface area (Å²) in [6, 6.07) is 4.41. The fourth-order valence-electron chi connectivity index (χ4n) is 1.33. The number of hydrogen-bond acceptors (Lipinski definition) is 5. The lowest BCUT2D eigenvalue weighted by molar-refractivity contribution is 0.186. The first-order valence-corrected chi connectivity index (χ1v) is 6.55. The van der Waals surface area contributed by atoms with Crippen molar-refractivity contribution in [3.8, 4) is 5.75 Å². The van der Waals surface area contributed by atoms with Gasteiger partial charge in [-0.3, -0.25) is 0 Å². The number of hydrogen-bond donors (Lipinski definition) is 2. The minimum atomic E-state index is -3.33. The second-order valence-corrected chi connectivity index (χ2v) is 5.42. The topological polar surface area (TPSA) is 89.6 Å². The Morgan fingerprint density at radius 1 is 1.50 bits per heavy atom. The van der Waals surface area contributed by atoms with Crippen molar-refractivity contribution < 1.29 is 18.3 Å². The molecule has 0 aromatic heterocycles. The summed E-state index contributed by atoms with van der Waals surface area (Å²) in [6.07, 6.45) is 0.284. The number of sulfone groups is 1. The fraction of sp³-hybridized carbons (Fsp3) is 0.400. The molecule has 0 radical (unpaired) electrons. The summed E-state index contributed by atoms with van der Waals surface area (Å²) < 4.78 is 27.8. The molecule has 3 N–H and O–H groups in total. The number of aliphatic hydroxyl groups is 1. The Morgan fingerprint density at radius 2 is 2.12 bits per heavy atom. The highest BCUT2D eigenvalue weighted by Crippen LogP contribution is 2.27. The smallest absolute Gasteiger partial charge is 0.179 e. The Bertz CT molecular complexity index is 470. The van der Waals surface area contributed by atoms with Gasteiger partial charge in [0.25, 0.3) is 0 Å². The Hall–Kier alpha value is -1.11. The molecule has 0 aliphatic heterocycles. The van der Waals surface area contributed by atoms with Crippen LogP contribution in [0.3, 0.4) is 0 Å². The maximum Gasteiger partial charge on any atom is 0.179 e. The van der Waals surface area contributed by atoms with Crippen LogP contribution in [-0.4, -0.2) is 33.4 Å². The van der Waals surface area contributed by atoms with Gasteiger partial charge in [0.15, 0.2) is 9.84 Å². The van der Waals surface area contributed by atoms with Crippen molar-refractivity contribution in [1.82, 2.24) is 0 Å². The Morgan fingerprint density at radius 3 is 2.56 bits per heavy atom. The van der Waals surface area contributed by atoms with Crippen molar-refractivity contribution in [3.63, 3.8) is 0 Å². The molecule has 0 heterocycles. The standard InChI is InChI=1S/C10H15NO4S/c1-15-9-5-7(8(12)6-11)3-4-10(9)16(2,13)14/h3-5,8,12H,6,11H2,1-2H3. The van der Waals surface area contributed by atoms with E-state index in [0.29, 0.717) is 5.56 Å². The highest BCUT2D eigenvalue weighted by molar-refractivity contribution is 7.90. The molecule has 6 heteroatoms. The zero-order valence-electron chi connectivity index (χ0n) is 9.17. The van der Waals surface area contributed by atoms with Crippen molar-refractivity contribution >= 4 is 9.84 Å². The van der Waals surface area contributed by atoms with E-state index in [1.807, 2.05) is 0 Å². The molecule has 1 aromatic rings. The van der Waals surface area contributed by atoms with Gasteiger partial charge in [-0.2, -0.15) is 0 Å². The molecule has 0 saturated heterocycles. The van der Waals surface area contributed by atoms with Gasteiger partial charge in [0.05, 0.1) is 13.2 Å². The van der Waals surface area contributed by atoms with Crippen LogP contribution in [0.1, 0.15) is 11.7 Å². The summed E-state index contributed by atoms with van der Waals surface area (Å²) in [7, 11) is -1.96. The summed E-state index contributed by atoms with van der Waals surface area (Å²) in [5.41, 5.74) is 5.84. The van der Waals surface area contributed by atoms with Crippen LogP contribution in [0, 0.1) is 0 Å². The summed E-state index contributed by atoms with van der Waals surface area (Å²) in [4.78, 5) is 0.1000. The van der Waals surface area contributed by atoms with E-state index in [2.05, 4.69) is 0 Å². The highest BCUT2D eigenvalue weighted by atomic mass is 32.2. The molecule has 16 heavy (non-hydrogen) atoms. The van der Waals surface area contributed by atoms with Gasteiger partial charge in [-0.1, -0.05) is 6.07 Å². The van der Waals surface area contributed by atoms with Crippen molar-refractivity contribution in [1.29, 1.82) is 0 Å². The molecule has 0 aliphatic rings. The van der Waals surface area contributed by atoms with Crippen LogP contribution in [0.5, 0.6) is 5.75 Å². The maximum absolute atomic E-state index is 11.4. The van der Waals surface area contributed by atoms with Crippen LogP contribution in [0.4, 0.5) is 0 Å². The largest absolute Gasteiger partial charge is 0.495 e. The molecule has 5 nitrogen and oxygen atoms in total. The van der Waals surface area contributed by atoms with E-state index in [-0.39, 0.29) is 17.2 Å². The third-order valence-electron chi connectivity index (χ3n) is 2.20. The number of nitrogens with two attached hydrogens (primary N) is 1. The predicted molar refractivity (Wildman–Crippen MR) is 60.1 cm³/mol. The van der Waals surface area contributed by atoms with E-state index < -0.39 is 15.9 Å². The number of methoxy groups -OCH3 is 1. The molecule has 0 aliphatic carbocycles. The molecule has 0 bridgehead atoms. The van der Waals surface area contributed by atoms with Crippen LogP contribution in [0.2, 0.25) is 0 Å². The summed E-state index contributed by atoms with van der Waals surface area (Å²) in [6.45, 7) is 0.0708. The minimum Gasteiger partial charge on any atom is -0.495 e. The molecule has 90 valence electrons. The van der Waals surface area contributed by atoms with Gasteiger partial charge in [0.2, 0.25) is 0 Å². The van der Waals surface area contributed by atoms with Crippen LogP contribution in [0.15, 0.2) is 23.1 Å². The van der Waals surface area contributed by atoms with Gasteiger partial charge in [-0.25, -0.2) is 8.42 Å². The van der Waals surface area contributed by atoms with Gasteiger partial charge in [0, 0.05) is 12.8 Å². The molecule has 1 atom stereocenters. The SMILES string of the molecule is COc1cc(C(O)CN)ccc1S(C)(=O)=O. The Balaban J connectivity index is 3.28. The Labute approximate surface area is 94.8 Å². The number of aliphatic hydroxyl groups excluding tert-OH is 1. The van der Waals surface area contributed by atoms with Crippen LogP contribution < -0.4 is 10.5 Å². The van der Waals surface area contributed by atoms with Crippen molar-refractivity contribution in [2.24, 2.45) is 5.73 Å². The molecule has 0 fully saturated rings. The molecule has 1 rings (SSSR count). The predicted octanol–water partition coefficient (Wildman–Crippen LogP) is 0.0908. The van der Waals surface area contributed by atoms with E-state index in [0.717, 1.165) is 6.26 Å². The normalized spacial score (nSPS) is 13.5. The first-order chi connectivity index (χ1) is 7.40. The van der Waals surface area contributed by atoms with Crippen molar-refractivity contribution in [2.75, 3.05) is 19.9 Å². The van der Waals surface area contributed by atoms with Gasteiger partial charge >= 0.3 is 0 Å². The van der Waals surface area contributed by atoms with Crippen LogP contribution >= 0.6 is 0 Å².